The summed E-state index contributed by atoms with van der Waals surface area (Å²) in [4.78, 5) is 0. The van der Waals surface area contributed by atoms with Crippen LogP contribution in [0.15, 0.2) is 36.7 Å². The molecule has 0 amide bonds. The maximum absolute atomic E-state index is 13.0. The SMILES string of the molecule is CNC(C)Cn1cc(Oc2cccc(F)c2)cn1. The van der Waals surface area contributed by atoms with Gasteiger partial charge in [0.25, 0.3) is 0 Å². The topological polar surface area (TPSA) is 39.1 Å². The Balaban J connectivity index is 2.02. The van der Waals surface area contributed by atoms with Gasteiger partial charge >= 0.3 is 0 Å². The highest BCUT2D eigenvalue weighted by Crippen LogP contribution is 2.21. The van der Waals surface area contributed by atoms with Crippen molar-refractivity contribution >= 4 is 0 Å². The predicted molar refractivity (Wildman–Crippen MR) is 67.2 cm³/mol. The van der Waals surface area contributed by atoms with Gasteiger partial charge in [-0.2, -0.15) is 5.10 Å². The van der Waals surface area contributed by atoms with E-state index >= 15 is 0 Å². The number of nitrogens with zero attached hydrogens (tertiary/aromatic N) is 2. The van der Waals surface area contributed by atoms with Crippen LogP contribution in [0.25, 0.3) is 0 Å². The van der Waals surface area contributed by atoms with E-state index in [0.29, 0.717) is 17.5 Å². The zero-order valence-corrected chi connectivity index (χ0v) is 10.4. The summed E-state index contributed by atoms with van der Waals surface area (Å²) in [7, 11) is 1.90. The molecule has 0 aliphatic heterocycles. The molecule has 1 aromatic heterocycles. The van der Waals surface area contributed by atoms with E-state index in [4.69, 9.17) is 4.74 Å². The molecule has 0 aliphatic carbocycles. The molecule has 5 heteroatoms. The molecule has 1 N–H and O–H groups in total. The van der Waals surface area contributed by atoms with Crippen LogP contribution in [0, 0.1) is 5.82 Å². The quantitative estimate of drug-likeness (QED) is 0.884. The second-order valence-corrected chi connectivity index (χ2v) is 4.15. The summed E-state index contributed by atoms with van der Waals surface area (Å²) in [6, 6.07) is 6.36. The highest BCUT2D eigenvalue weighted by molar-refractivity contribution is 5.28. The van der Waals surface area contributed by atoms with Crippen LogP contribution in [-0.2, 0) is 6.54 Å². The third kappa shape index (κ3) is 3.30. The van der Waals surface area contributed by atoms with Gasteiger partial charge in [0.1, 0.15) is 11.6 Å². The fraction of sp³-hybridized carbons (Fsp3) is 0.308. The number of ether oxygens (including phenoxy) is 1. The molecule has 1 unspecified atom stereocenters. The maximum atomic E-state index is 13.0. The first kappa shape index (κ1) is 12.6. The Morgan fingerprint density at radius 1 is 1.44 bits per heavy atom. The highest BCUT2D eigenvalue weighted by Gasteiger charge is 2.04. The Kier molecular flexibility index (Phi) is 3.94. The molecule has 0 radical (unpaired) electrons. The molecule has 0 bridgehead atoms. The lowest BCUT2D eigenvalue weighted by Crippen LogP contribution is -2.26. The van der Waals surface area contributed by atoms with E-state index in [1.165, 1.54) is 12.1 Å². The molecule has 0 saturated heterocycles. The van der Waals surface area contributed by atoms with Gasteiger partial charge in [0.2, 0.25) is 0 Å². The van der Waals surface area contributed by atoms with Gasteiger partial charge in [0, 0.05) is 12.1 Å². The van der Waals surface area contributed by atoms with Crippen molar-refractivity contribution in [2.75, 3.05) is 7.05 Å². The predicted octanol–water partition coefficient (Wildman–Crippen LogP) is 2.42. The molecule has 96 valence electrons. The average molecular weight is 249 g/mol. The molecule has 4 nitrogen and oxygen atoms in total. The molecule has 0 fully saturated rings. The van der Waals surface area contributed by atoms with E-state index in [9.17, 15) is 4.39 Å². The first-order chi connectivity index (χ1) is 8.67. The minimum atomic E-state index is -0.316. The first-order valence-electron chi connectivity index (χ1n) is 5.80. The molecule has 1 aromatic carbocycles. The molecule has 18 heavy (non-hydrogen) atoms. The van der Waals surface area contributed by atoms with Gasteiger partial charge < -0.3 is 10.1 Å². The number of rotatable bonds is 5. The minimum absolute atomic E-state index is 0.316. The fourth-order valence-corrected chi connectivity index (χ4v) is 1.54. The molecule has 2 rings (SSSR count). The third-order valence-electron chi connectivity index (χ3n) is 2.60. The van der Waals surface area contributed by atoms with E-state index in [2.05, 4.69) is 17.3 Å². The van der Waals surface area contributed by atoms with Crippen molar-refractivity contribution in [1.82, 2.24) is 15.1 Å². The Morgan fingerprint density at radius 3 is 3.00 bits per heavy atom. The van der Waals surface area contributed by atoms with Crippen LogP contribution < -0.4 is 10.1 Å². The molecule has 2 aromatic rings. The van der Waals surface area contributed by atoms with Crippen molar-refractivity contribution < 1.29 is 9.13 Å². The lowest BCUT2D eigenvalue weighted by molar-refractivity contribution is 0.465. The Labute approximate surface area is 105 Å². The van der Waals surface area contributed by atoms with Crippen LogP contribution in [0.2, 0.25) is 0 Å². The Hall–Kier alpha value is -1.88. The van der Waals surface area contributed by atoms with Crippen molar-refractivity contribution in [2.24, 2.45) is 0 Å². The summed E-state index contributed by atoms with van der Waals surface area (Å²) < 4.78 is 20.3. The Bertz CT molecular complexity index is 512. The highest BCUT2D eigenvalue weighted by atomic mass is 19.1. The van der Waals surface area contributed by atoms with E-state index in [0.717, 1.165) is 6.54 Å². The minimum Gasteiger partial charge on any atom is -0.454 e. The van der Waals surface area contributed by atoms with Crippen LogP contribution in [0.3, 0.4) is 0 Å². The average Bonchev–Trinajstić information content (AvgIpc) is 2.76. The normalized spacial score (nSPS) is 12.4. The van der Waals surface area contributed by atoms with Crippen molar-refractivity contribution in [3.8, 4) is 11.5 Å². The monoisotopic (exact) mass is 249 g/mol. The zero-order chi connectivity index (χ0) is 13.0. The van der Waals surface area contributed by atoms with E-state index < -0.39 is 0 Å². The van der Waals surface area contributed by atoms with Gasteiger partial charge in [0.05, 0.1) is 18.9 Å². The number of benzene rings is 1. The zero-order valence-electron chi connectivity index (χ0n) is 10.4. The molecule has 0 saturated carbocycles. The second-order valence-electron chi connectivity index (χ2n) is 4.15. The Morgan fingerprint density at radius 2 is 2.28 bits per heavy atom. The van der Waals surface area contributed by atoms with E-state index in [1.807, 2.05) is 7.05 Å². The maximum Gasteiger partial charge on any atom is 0.165 e. The number of hydrogen-bond donors (Lipinski definition) is 1. The van der Waals surface area contributed by atoms with Gasteiger partial charge in [-0.3, -0.25) is 4.68 Å². The van der Waals surface area contributed by atoms with Gasteiger partial charge in [0.15, 0.2) is 5.75 Å². The van der Waals surface area contributed by atoms with Crippen molar-refractivity contribution in [3.05, 3.63) is 42.5 Å². The molecule has 1 heterocycles. The number of likely N-dealkylation sites (N-methyl/N-ethyl adjacent to an activating group) is 1. The van der Waals surface area contributed by atoms with Gasteiger partial charge in [-0.25, -0.2) is 4.39 Å². The summed E-state index contributed by atoms with van der Waals surface area (Å²) in [5.41, 5.74) is 0. The number of nitrogens with one attached hydrogen (secondary N) is 1. The second kappa shape index (κ2) is 5.64. The molecule has 0 spiro atoms. The third-order valence-corrected chi connectivity index (χ3v) is 2.60. The number of halogens is 1. The fourth-order valence-electron chi connectivity index (χ4n) is 1.54. The van der Waals surface area contributed by atoms with Crippen molar-refractivity contribution in [3.63, 3.8) is 0 Å². The van der Waals surface area contributed by atoms with Gasteiger partial charge in [-0.05, 0) is 26.1 Å². The summed E-state index contributed by atoms with van der Waals surface area (Å²) >= 11 is 0. The molecule has 0 aliphatic rings. The smallest absolute Gasteiger partial charge is 0.165 e. The molecular formula is C13H16FN3O. The summed E-state index contributed by atoms with van der Waals surface area (Å²) in [5.74, 6) is 0.754. The first-order valence-corrected chi connectivity index (χ1v) is 5.80. The lowest BCUT2D eigenvalue weighted by atomic mass is 10.3. The van der Waals surface area contributed by atoms with E-state index in [1.54, 1.807) is 29.2 Å². The van der Waals surface area contributed by atoms with Crippen LogP contribution in [0.1, 0.15) is 6.92 Å². The number of hydrogen-bond acceptors (Lipinski definition) is 3. The van der Waals surface area contributed by atoms with E-state index in [-0.39, 0.29) is 5.82 Å². The van der Waals surface area contributed by atoms with Gasteiger partial charge in [-0.15, -0.1) is 0 Å². The summed E-state index contributed by atoms with van der Waals surface area (Å²) in [6.07, 6.45) is 3.41. The standard InChI is InChI=1S/C13H16FN3O/c1-10(15-2)8-17-9-13(7-16-17)18-12-5-3-4-11(14)6-12/h3-7,9-10,15H,8H2,1-2H3. The summed E-state index contributed by atoms with van der Waals surface area (Å²) in [6.45, 7) is 2.82. The van der Waals surface area contributed by atoms with Crippen molar-refractivity contribution in [2.45, 2.75) is 19.5 Å². The molecular weight excluding hydrogens is 233 g/mol. The van der Waals surface area contributed by atoms with Crippen LogP contribution in [0.5, 0.6) is 11.5 Å². The largest absolute Gasteiger partial charge is 0.454 e. The van der Waals surface area contributed by atoms with Gasteiger partial charge in [-0.1, -0.05) is 6.07 Å². The van der Waals surface area contributed by atoms with Crippen LogP contribution in [-0.4, -0.2) is 22.9 Å². The summed E-state index contributed by atoms with van der Waals surface area (Å²) in [5, 5.41) is 7.31. The number of aromatic nitrogens is 2. The molecule has 1 atom stereocenters. The van der Waals surface area contributed by atoms with Crippen LogP contribution in [0.4, 0.5) is 4.39 Å². The van der Waals surface area contributed by atoms with Crippen molar-refractivity contribution in [1.29, 1.82) is 0 Å². The van der Waals surface area contributed by atoms with Crippen LogP contribution >= 0.6 is 0 Å². The lowest BCUT2D eigenvalue weighted by Gasteiger charge is -2.09.